The first-order valence-corrected chi connectivity index (χ1v) is 7.82. The van der Waals surface area contributed by atoms with Crippen molar-refractivity contribution >= 4 is 27.0 Å². The van der Waals surface area contributed by atoms with E-state index >= 15 is 0 Å². The fourth-order valence-corrected chi connectivity index (χ4v) is 3.82. The average Bonchev–Trinajstić information content (AvgIpc) is 2.90. The van der Waals surface area contributed by atoms with E-state index in [0.29, 0.717) is 4.88 Å². The second-order valence-electron chi connectivity index (χ2n) is 3.83. The minimum absolute atomic E-state index is 0.0629. The molecule has 0 radical (unpaired) electrons. The van der Waals surface area contributed by atoms with Crippen LogP contribution in [0.5, 0.6) is 5.75 Å². The Morgan fingerprint density at radius 1 is 1.35 bits per heavy atom. The van der Waals surface area contributed by atoms with Crippen molar-refractivity contribution in [2.45, 2.75) is 10.8 Å². The monoisotopic (exact) mass is 317 g/mol. The Morgan fingerprint density at radius 2 is 2.10 bits per heavy atom. The molecule has 0 amide bonds. The number of thiophene rings is 1. The lowest BCUT2D eigenvalue weighted by Crippen LogP contribution is -2.12. The van der Waals surface area contributed by atoms with Gasteiger partial charge in [0.05, 0.1) is 19.4 Å². The number of ether oxygens (including phenoxy) is 1. The van der Waals surface area contributed by atoms with Gasteiger partial charge in [0.1, 0.15) is 15.8 Å². The second kappa shape index (κ2) is 5.78. The maximum Gasteiger partial charge on any atom is 0.271 e. The summed E-state index contributed by atoms with van der Waals surface area (Å²) in [5.74, 6) is -0.434. The SMILES string of the molecule is COc1cc(F)ccc1NS(=O)(=O)c1ccc(CO)s1. The molecule has 2 rings (SSSR count). The molecule has 0 bridgehead atoms. The molecule has 1 aromatic heterocycles. The maximum atomic E-state index is 13.1. The van der Waals surface area contributed by atoms with Crippen LogP contribution in [-0.4, -0.2) is 20.6 Å². The average molecular weight is 317 g/mol. The summed E-state index contributed by atoms with van der Waals surface area (Å²) in [6, 6.07) is 6.43. The van der Waals surface area contributed by atoms with Crippen molar-refractivity contribution in [2.24, 2.45) is 0 Å². The van der Waals surface area contributed by atoms with Gasteiger partial charge in [0.15, 0.2) is 0 Å². The number of aliphatic hydroxyl groups is 1. The largest absolute Gasteiger partial charge is 0.494 e. The number of hydrogen-bond acceptors (Lipinski definition) is 5. The van der Waals surface area contributed by atoms with Gasteiger partial charge in [-0.3, -0.25) is 4.72 Å². The van der Waals surface area contributed by atoms with E-state index in [1.165, 1.54) is 25.3 Å². The van der Waals surface area contributed by atoms with Crippen LogP contribution in [0.3, 0.4) is 0 Å². The lowest BCUT2D eigenvalue weighted by Gasteiger charge is -2.10. The number of sulfonamides is 1. The van der Waals surface area contributed by atoms with Gasteiger partial charge in [-0.15, -0.1) is 11.3 Å². The molecule has 1 aromatic carbocycles. The van der Waals surface area contributed by atoms with Crippen LogP contribution >= 0.6 is 11.3 Å². The first-order chi connectivity index (χ1) is 9.46. The minimum atomic E-state index is -3.79. The number of rotatable bonds is 5. The summed E-state index contributed by atoms with van der Waals surface area (Å²) in [5.41, 5.74) is 0.146. The van der Waals surface area contributed by atoms with E-state index in [1.807, 2.05) is 0 Å². The number of methoxy groups -OCH3 is 1. The number of benzene rings is 1. The number of halogens is 1. The zero-order chi connectivity index (χ0) is 14.8. The first kappa shape index (κ1) is 14.8. The van der Waals surface area contributed by atoms with Gasteiger partial charge in [0.25, 0.3) is 10.0 Å². The Kier molecular flexibility index (Phi) is 4.26. The summed E-state index contributed by atoms with van der Waals surface area (Å²) >= 11 is 0.960. The Balaban J connectivity index is 2.33. The minimum Gasteiger partial charge on any atom is -0.494 e. The van der Waals surface area contributed by atoms with E-state index in [-0.39, 0.29) is 22.3 Å². The highest BCUT2D eigenvalue weighted by molar-refractivity contribution is 7.94. The van der Waals surface area contributed by atoms with Crippen LogP contribution in [0.15, 0.2) is 34.5 Å². The third kappa shape index (κ3) is 3.09. The van der Waals surface area contributed by atoms with Gasteiger partial charge in [-0.25, -0.2) is 12.8 Å². The Morgan fingerprint density at radius 3 is 2.70 bits per heavy atom. The van der Waals surface area contributed by atoms with Gasteiger partial charge >= 0.3 is 0 Å². The lowest BCUT2D eigenvalue weighted by atomic mass is 10.3. The Labute approximate surface area is 119 Å². The normalized spacial score (nSPS) is 11.3. The zero-order valence-electron chi connectivity index (χ0n) is 10.5. The fourth-order valence-electron chi connectivity index (χ4n) is 1.53. The molecule has 1 heterocycles. The van der Waals surface area contributed by atoms with Gasteiger partial charge in [0, 0.05) is 10.9 Å². The van der Waals surface area contributed by atoms with Crippen LogP contribution in [-0.2, 0) is 16.6 Å². The highest BCUT2D eigenvalue weighted by Crippen LogP contribution is 2.29. The molecule has 0 saturated carbocycles. The van der Waals surface area contributed by atoms with Crippen molar-refractivity contribution in [1.82, 2.24) is 0 Å². The number of aliphatic hydroxyl groups excluding tert-OH is 1. The molecule has 20 heavy (non-hydrogen) atoms. The maximum absolute atomic E-state index is 13.1. The van der Waals surface area contributed by atoms with Gasteiger partial charge in [-0.05, 0) is 24.3 Å². The number of hydrogen-bond donors (Lipinski definition) is 2. The Bertz CT molecular complexity index is 712. The molecular weight excluding hydrogens is 305 g/mol. The van der Waals surface area contributed by atoms with Gasteiger partial charge < -0.3 is 9.84 Å². The summed E-state index contributed by atoms with van der Waals surface area (Å²) in [6.07, 6.45) is 0. The van der Waals surface area contributed by atoms with E-state index in [4.69, 9.17) is 9.84 Å². The molecule has 5 nitrogen and oxygen atoms in total. The third-order valence-electron chi connectivity index (χ3n) is 2.47. The van der Waals surface area contributed by atoms with Crippen molar-refractivity contribution in [3.05, 3.63) is 41.0 Å². The fraction of sp³-hybridized carbons (Fsp3) is 0.167. The molecule has 2 aromatic rings. The molecule has 108 valence electrons. The molecule has 0 unspecified atom stereocenters. The molecule has 0 aliphatic rings. The standard InChI is InChI=1S/C12H12FNO4S2/c1-18-11-6-8(13)2-4-10(11)14-20(16,17)12-5-3-9(7-15)19-12/h2-6,14-15H,7H2,1H3. The predicted octanol–water partition coefficient (Wildman–Crippen LogP) is 2.19. The van der Waals surface area contributed by atoms with Crippen LogP contribution in [0.2, 0.25) is 0 Å². The molecule has 0 aliphatic heterocycles. The molecule has 0 atom stereocenters. The van der Waals surface area contributed by atoms with E-state index in [0.717, 1.165) is 23.5 Å². The first-order valence-electron chi connectivity index (χ1n) is 5.52. The molecule has 0 saturated heterocycles. The quantitative estimate of drug-likeness (QED) is 0.886. The van der Waals surface area contributed by atoms with Crippen LogP contribution in [0.1, 0.15) is 4.88 Å². The third-order valence-corrected chi connectivity index (χ3v) is 5.39. The highest BCUT2D eigenvalue weighted by atomic mass is 32.2. The number of anilines is 1. The summed E-state index contributed by atoms with van der Waals surface area (Å²) in [6.45, 7) is -0.222. The van der Waals surface area contributed by atoms with Gasteiger partial charge in [0.2, 0.25) is 0 Å². The topological polar surface area (TPSA) is 75.6 Å². The molecule has 0 aliphatic carbocycles. The summed E-state index contributed by atoms with van der Waals surface area (Å²) in [7, 11) is -2.47. The Hall–Kier alpha value is -1.64. The van der Waals surface area contributed by atoms with Crippen LogP contribution in [0, 0.1) is 5.82 Å². The van der Waals surface area contributed by atoms with Crippen molar-refractivity contribution in [3.8, 4) is 5.75 Å². The van der Waals surface area contributed by atoms with Crippen LogP contribution < -0.4 is 9.46 Å². The number of nitrogens with one attached hydrogen (secondary N) is 1. The highest BCUT2D eigenvalue weighted by Gasteiger charge is 2.19. The van der Waals surface area contributed by atoms with Gasteiger partial charge in [-0.1, -0.05) is 0 Å². The van der Waals surface area contributed by atoms with E-state index in [1.54, 1.807) is 0 Å². The molecule has 2 N–H and O–H groups in total. The van der Waals surface area contributed by atoms with Crippen molar-refractivity contribution in [1.29, 1.82) is 0 Å². The van der Waals surface area contributed by atoms with E-state index < -0.39 is 15.8 Å². The lowest BCUT2D eigenvalue weighted by molar-refractivity contribution is 0.285. The van der Waals surface area contributed by atoms with Crippen molar-refractivity contribution in [2.75, 3.05) is 11.8 Å². The van der Waals surface area contributed by atoms with Crippen LogP contribution in [0.4, 0.5) is 10.1 Å². The van der Waals surface area contributed by atoms with Gasteiger partial charge in [-0.2, -0.15) is 0 Å². The molecule has 0 spiro atoms. The van der Waals surface area contributed by atoms with E-state index in [2.05, 4.69) is 4.72 Å². The molecule has 8 heteroatoms. The predicted molar refractivity (Wildman–Crippen MR) is 74.0 cm³/mol. The molecule has 0 fully saturated rings. The smallest absolute Gasteiger partial charge is 0.271 e. The molecular formula is C12H12FNO4S2. The van der Waals surface area contributed by atoms with Crippen molar-refractivity contribution < 1.29 is 22.7 Å². The summed E-state index contributed by atoms with van der Waals surface area (Å²) in [4.78, 5) is 0.538. The summed E-state index contributed by atoms with van der Waals surface area (Å²) in [5, 5.41) is 8.95. The van der Waals surface area contributed by atoms with Crippen LogP contribution in [0.25, 0.3) is 0 Å². The van der Waals surface area contributed by atoms with Crippen molar-refractivity contribution in [3.63, 3.8) is 0 Å². The summed E-state index contributed by atoms with van der Waals surface area (Å²) < 4.78 is 44.7. The zero-order valence-corrected chi connectivity index (χ0v) is 12.1. The van der Waals surface area contributed by atoms with E-state index in [9.17, 15) is 12.8 Å². The second-order valence-corrected chi connectivity index (χ2v) is 6.91.